The summed E-state index contributed by atoms with van der Waals surface area (Å²) in [6, 6.07) is 0. The first-order valence-corrected chi connectivity index (χ1v) is 7.99. The minimum Gasteiger partial charge on any atom is -0.550 e. The summed E-state index contributed by atoms with van der Waals surface area (Å²) in [5.74, 6) is -0.959. The van der Waals surface area contributed by atoms with E-state index in [1.165, 1.54) is 0 Å². The van der Waals surface area contributed by atoms with E-state index in [0.717, 1.165) is 44.9 Å². The number of carboxylic acids is 1. The van der Waals surface area contributed by atoms with Crippen LogP contribution in [-0.4, -0.2) is 17.2 Å². The molecule has 0 aromatic carbocycles. The summed E-state index contributed by atoms with van der Waals surface area (Å²) in [5, 5.41) is 19.6. The number of carbonyl (C=O) groups is 1. The van der Waals surface area contributed by atoms with Gasteiger partial charge in [-0.05, 0) is 57.8 Å². The molecule has 0 aliphatic heterocycles. The third-order valence-electron chi connectivity index (χ3n) is 3.18. The number of carbonyl (C=O) groups excluding carboxylic acids is 1. The average Bonchev–Trinajstić information content (AvgIpc) is 2.46. The van der Waals surface area contributed by atoms with Gasteiger partial charge in [-0.1, -0.05) is 43.4 Å². The molecular formula is C18H29NaO3. The zero-order chi connectivity index (χ0) is 15.8. The second kappa shape index (κ2) is 18.7. The second-order valence-corrected chi connectivity index (χ2v) is 5.14. The van der Waals surface area contributed by atoms with E-state index in [1.807, 2.05) is 6.92 Å². The van der Waals surface area contributed by atoms with Crippen molar-refractivity contribution in [2.24, 2.45) is 0 Å². The molecule has 0 aromatic rings. The third-order valence-corrected chi connectivity index (χ3v) is 3.18. The van der Waals surface area contributed by atoms with Crippen molar-refractivity contribution in [1.29, 1.82) is 0 Å². The molecule has 1 unspecified atom stereocenters. The number of aliphatic hydroxyl groups is 1. The van der Waals surface area contributed by atoms with Crippen LogP contribution >= 0.6 is 0 Å². The molecule has 0 saturated carbocycles. The molecule has 0 radical (unpaired) electrons. The fourth-order valence-corrected chi connectivity index (χ4v) is 1.80. The molecule has 0 aliphatic carbocycles. The summed E-state index contributed by atoms with van der Waals surface area (Å²) in [7, 11) is 0. The topological polar surface area (TPSA) is 60.4 Å². The van der Waals surface area contributed by atoms with Crippen LogP contribution in [0.25, 0.3) is 0 Å². The van der Waals surface area contributed by atoms with E-state index < -0.39 is 5.97 Å². The van der Waals surface area contributed by atoms with Gasteiger partial charge in [-0.2, -0.15) is 0 Å². The normalized spacial score (nSPS) is 13.0. The van der Waals surface area contributed by atoms with Gasteiger partial charge in [0.15, 0.2) is 0 Å². The molecular weight excluding hydrogens is 287 g/mol. The van der Waals surface area contributed by atoms with Gasteiger partial charge in [0.25, 0.3) is 0 Å². The Balaban J connectivity index is 0. The number of carboxylic acid groups (broad SMARTS) is 1. The molecule has 120 valence electrons. The second-order valence-electron chi connectivity index (χ2n) is 5.14. The van der Waals surface area contributed by atoms with Gasteiger partial charge in [0.05, 0.1) is 6.10 Å². The third kappa shape index (κ3) is 19.7. The number of hydrogen-bond acceptors (Lipinski definition) is 3. The Labute approximate surface area is 157 Å². The molecule has 0 fully saturated rings. The zero-order valence-electron chi connectivity index (χ0n) is 14.2. The number of allylic oxidation sites excluding steroid dienone is 6. The van der Waals surface area contributed by atoms with Crippen LogP contribution < -0.4 is 34.7 Å². The van der Waals surface area contributed by atoms with Crippen molar-refractivity contribution in [3.05, 3.63) is 36.5 Å². The first-order chi connectivity index (χ1) is 10.2. The molecule has 0 aromatic heterocycles. The maximum absolute atomic E-state index is 10.2. The quantitative estimate of drug-likeness (QED) is 0.302. The van der Waals surface area contributed by atoms with Crippen LogP contribution in [0.2, 0.25) is 0 Å². The van der Waals surface area contributed by atoms with Crippen LogP contribution in [0.4, 0.5) is 0 Å². The fourth-order valence-electron chi connectivity index (χ4n) is 1.80. The van der Waals surface area contributed by atoms with E-state index in [2.05, 4.69) is 36.5 Å². The van der Waals surface area contributed by atoms with Gasteiger partial charge in [0.1, 0.15) is 0 Å². The van der Waals surface area contributed by atoms with Gasteiger partial charge in [0.2, 0.25) is 0 Å². The molecule has 0 aliphatic rings. The van der Waals surface area contributed by atoms with E-state index in [9.17, 15) is 15.0 Å². The van der Waals surface area contributed by atoms with Crippen molar-refractivity contribution in [1.82, 2.24) is 0 Å². The molecule has 0 saturated heterocycles. The predicted octanol–water partition coefficient (Wildman–Crippen LogP) is 0.301. The first-order valence-electron chi connectivity index (χ1n) is 7.99. The Hall–Kier alpha value is -0.350. The summed E-state index contributed by atoms with van der Waals surface area (Å²) in [6.45, 7) is 1.99. The van der Waals surface area contributed by atoms with Gasteiger partial charge < -0.3 is 15.0 Å². The van der Waals surface area contributed by atoms with Crippen molar-refractivity contribution in [2.45, 2.75) is 70.8 Å². The number of rotatable bonds is 13. The summed E-state index contributed by atoms with van der Waals surface area (Å²) in [4.78, 5) is 10.2. The van der Waals surface area contributed by atoms with E-state index in [1.54, 1.807) is 0 Å². The van der Waals surface area contributed by atoms with E-state index in [4.69, 9.17) is 0 Å². The van der Waals surface area contributed by atoms with Gasteiger partial charge in [-0.15, -0.1) is 0 Å². The molecule has 4 heteroatoms. The standard InChI is InChI=1S/C18H30O3.Na/c1-2-17(19)15-13-11-9-7-5-3-4-6-8-10-12-14-16-18(20)21;/h3,5-6,8-9,11,17,19H,2,4,7,10,12-16H2,1H3,(H,20,21);/q;+1/p-1/b5-3-,8-6-,11-9-;. The maximum Gasteiger partial charge on any atom is 1.00 e. The minimum absolute atomic E-state index is 0. The summed E-state index contributed by atoms with van der Waals surface area (Å²) in [5.41, 5.74) is 0. The largest absolute Gasteiger partial charge is 1.00 e. The molecule has 0 bridgehead atoms. The monoisotopic (exact) mass is 316 g/mol. The van der Waals surface area contributed by atoms with Crippen LogP contribution in [0, 0.1) is 0 Å². The predicted molar refractivity (Wildman–Crippen MR) is 85.7 cm³/mol. The number of hydrogen-bond donors (Lipinski definition) is 1. The van der Waals surface area contributed by atoms with Gasteiger partial charge in [-0.3, -0.25) is 0 Å². The van der Waals surface area contributed by atoms with Crippen molar-refractivity contribution >= 4 is 5.97 Å². The van der Waals surface area contributed by atoms with E-state index >= 15 is 0 Å². The number of aliphatic hydroxyl groups excluding tert-OH is 1. The van der Waals surface area contributed by atoms with Crippen molar-refractivity contribution < 1.29 is 44.6 Å². The molecule has 0 amide bonds. The van der Waals surface area contributed by atoms with Crippen LogP contribution in [0.5, 0.6) is 0 Å². The number of unbranched alkanes of at least 4 members (excludes halogenated alkanes) is 2. The van der Waals surface area contributed by atoms with Gasteiger partial charge in [-0.25, -0.2) is 0 Å². The summed E-state index contributed by atoms with van der Waals surface area (Å²) >= 11 is 0. The Morgan fingerprint density at radius 3 is 2.09 bits per heavy atom. The number of aliphatic carboxylic acids is 1. The average molecular weight is 316 g/mol. The Bertz CT molecular complexity index is 335. The van der Waals surface area contributed by atoms with E-state index in [-0.39, 0.29) is 42.1 Å². The van der Waals surface area contributed by atoms with Crippen LogP contribution in [0.3, 0.4) is 0 Å². The Kier molecular flexibility index (Phi) is 20.3. The molecule has 3 nitrogen and oxygen atoms in total. The Morgan fingerprint density at radius 1 is 1.00 bits per heavy atom. The van der Waals surface area contributed by atoms with Gasteiger partial charge in [0, 0.05) is 5.97 Å². The van der Waals surface area contributed by atoms with Crippen LogP contribution in [0.1, 0.15) is 64.7 Å². The first kappa shape index (κ1) is 23.9. The zero-order valence-corrected chi connectivity index (χ0v) is 16.2. The molecule has 22 heavy (non-hydrogen) atoms. The van der Waals surface area contributed by atoms with Crippen molar-refractivity contribution in [2.75, 3.05) is 0 Å². The minimum atomic E-state index is -0.959. The summed E-state index contributed by atoms with van der Waals surface area (Å²) in [6.07, 6.45) is 19.7. The molecule has 0 rings (SSSR count). The molecule has 1 atom stereocenters. The maximum atomic E-state index is 10.2. The van der Waals surface area contributed by atoms with Crippen molar-refractivity contribution in [3.8, 4) is 0 Å². The van der Waals surface area contributed by atoms with Crippen molar-refractivity contribution in [3.63, 3.8) is 0 Å². The fraction of sp³-hybridized carbons (Fsp3) is 0.611. The SMILES string of the molecule is CCC(O)CC/C=C\C/C=C\C/C=C\CCCCC(=O)[O-].[Na+]. The van der Waals surface area contributed by atoms with Crippen LogP contribution in [0.15, 0.2) is 36.5 Å². The molecule has 0 heterocycles. The smallest absolute Gasteiger partial charge is 0.550 e. The summed E-state index contributed by atoms with van der Waals surface area (Å²) < 4.78 is 0. The van der Waals surface area contributed by atoms with E-state index in [0.29, 0.717) is 6.42 Å². The van der Waals surface area contributed by atoms with Crippen LogP contribution in [-0.2, 0) is 4.79 Å². The Morgan fingerprint density at radius 2 is 1.55 bits per heavy atom. The molecule has 1 N–H and O–H groups in total. The van der Waals surface area contributed by atoms with Gasteiger partial charge >= 0.3 is 29.6 Å². The molecule has 0 spiro atoms.